The van der Waals surface area contributed by atoms with Crippen LogP contribution in [0.4, 0.5) is 34.6 Å². The van der Waals surface area contributed by atoms with Gasteiger partial charge in [-0.2, -0.15) is 53.7 Å². The number of hydrazone groups is 1. The van der Waals surface area contributed by atoms with Crippen molar-refractivity contribution >= 4 is 110 Å². The fourth-order valence-corrected chi connectivity index (χ4v) is 7.71. The number of ketones is 1. The minimum atomic E-state index is -5.40. The summed E-state index contributed by atoms with van der Waals surface area (Å²) in [6, 6.07) is 16.4. The Morgan fingerprint density at radius 1 is 0.644 bits per heavy atom. The summed E-state index contributed by atoms with van der Waals surface area (Å²) in [6.45, 7) is 0. The molecule has 22 nitrogen and oxygen atoms in total. The third-order valence-corrected chi connectivity index (χ3v) is 11.4. The molecule has 0 aliphatic heterocycles. The van der Waals surface area contributed by atoms with Gasteiger partial charge in [0.05, 0.1) is 26.7 Å². The zero-order valence-electron chi connectivity index (χ0n) is 28.8. The van der Waals surface area contributed by atoms with Gasteiger partial charge < -0.3 is 16.0 Å². The number of hydrogen-bond acceptors (Lipinski definition) is 17. The van der Waals surface area contributed by atoms with Crippen LogP contribution in [0.5, 0.6) is 0 Å². The van der Waals surface area contributed by atoms with Crippen molar-refractivity contribution in [3.63, 3.8) is 0 Å². The van der Waals surface area contributed by atoms with Crippen LogP contribution >= 0.6 is 11.6 Å². The topological polar surface area (TPSA) is 351 Å². The number of anilines is 6. The SMILES string of the molecule is O=C(Nc1cc(S(=O)(=O)O)cc2c1C(=O)C(=NNc1cc(Nc3nc(Cl)nc(Nc4ccc(S(=O)(=O)O)cc4)n3)ccc1S(=O)(=O)O)C(S(=O)(=O)O)=C2)c1ccccc1. The highest BCUT2D eigenvalue weighted by atomic mass is 35.5. The maximum Gasteiger partial charge on any atom is 0.296 e. The second-order valence-corrected chi connectivity index (χ2v) is 17.8. The highest BCUT2D eigenvalue weighted by Crippen LogP contribution is 2.35. The van der Waals surface area contributed by atoms with Crippen molar-refractivity contribution in [2.75, 3.05) is 21.4 Å². The van der Waals surface area contributed by atoms with Crippen LogP contribution < -0.4 is 21.4 Å². The van der Waals surface area contributed by atoms with E-state index in [1.165, 1.54) is 36.4 Å². The number of aromatic nitrogens is 3. The van der Waals surface area contributed by atoms with Gasteiger partial charge in [0, 0.05) is 16.9 Å². The third kappa shape index (κ3) is 9.91. The quantitative estimate of drug-likeness (QED) is 0.0650. The molecule has 4 aromatic carbocycles. The molecule has 1 aromatic heterocycles. The molecule has 1 aliphatic carbocycles. The molecule has 27 heteroatoms. The van der Waals surface area contributed by atoms with Crippen molar-refractivity contribution in [1.82, 2.24) is 15.0 Å². The maximum atomic E-state index is 14.0. The molecule has 8 N–H and O–H groups in total. The first-order chi connectivity index (χ1) is 27.5. The zero-order valence-corrected chi connectivity index (χ0v) is 32.9. The summed E-state index contributed by atoms with van der Waals surface area (Å²) >= 11 is 6.05. The Labute approximate surface area is 338 Å². The number of halogens is 1. The Bertz CT molecular complexity index is 3100. The van der Waals surface area contributed by atoms with E-state index in [-0.39, 0.29) is 34.1 Å². The molecular weight excluding hydrogens is 884 g/mol. The minimum absolute atomic E-state index is 0.0395. The summed E-state index contributed by atoms with van der Waals surface area (Å²) in [5.41, 5.74) is -0.947. The summed E-state index contributed by atoms with van der Waals surface area (Å²) in [5.74, 6) is -2.69. The number of hydrogen-bond donors (Lipinski definition) is 8. The molecule has 0 fully saturated rings. The van der Waals surface area contributed by atoms with Crippen LogP contribution in [0.3, 0.4) is 0 Å². The van der Waals surface area contributed by atoms with E-state index in [9.17, 15) is 61.5 Å². The summed E-state index contributed by atoms with van der Waals surface area (Å²) in [6.07, 6.45) is 0.611. The van der Waals surface area contributed by atoms with Gasteiger partial charge in [0.25, 0.3) is 46.4 Å². The Hall–Kier alpha value is -6.23. The number of rotatable bonds is 12. The van der Waals surface area contributed by atoms with Crippen LogP contribution in [0.15, 0.2) is 110 Å². The molecule has 6 rings (SSSR count). The lowest BCUT2D eigenvalue weighted by Crippen LogP contribution is -2.29. The molecule has 1 aliphatic rings. The van der Waals surface area contributed by atoms with Gasteiger partial charge in [0.1, 0.15) is 9.80 Å². The molecule has 59 heavy (non-hydrogen) atoms. The maximum absolute atomic E-state index is 14.0. The number of Topliss-reactive ketones (excluding diaryl/α,β-unsaturated/α-hetero) is 1. The molecule has 0 atom stereocenters. The van der Waals surface area contributed by atoms with Crippen molar-refractivity contribution in [3.8, 4) is 0 Å². The number of nitrogens with zero attached hydrogens (tertiary/aromatic N) is 4. The fraction of sp³-hybridized carbons (Fsp3) is 0. The predicted octanol–water partition coefficient (Wildman–Crippen LogP) is 3.90. The van der Waals surface area contributed by atoms with Gasteiger partial charge in [-0.3, -0.25) is 33.2 Å². The summed E-state index contributed by atoms with van der Waals surface area (Å²) < 4.78 is 136. The lowest BCUT2D eigenvalue weighted by atomic mass is 9.92. The Kier molecular flexibility index (Phi) is 11.4. The number of allylic oxidation sites excluding steroid dienone is 1. The Morgan fingerprint density at radius 3 is 1.81 bits per heavy atom. The predicted molar refractivity (Wildman–Crippen MR) is 209 cm³/mol. The van der Waals surface area contributed by atoms with Crippen LogP contribution in [0.1, 0.15) is 26.3 Å². The van der Waals surface area contributed by atoms with Crippen LogP contribution in [0.2, 0.25) is 5.28 Å². The van der Waals surface area contributed by atoms with E-state index in [4.69, 9.17) is 11.6 Å². The number of nitrogens with one attached hydrogen (secondary N) is 4. The molecule has 1 amide bonds. The first-order valence-electron chi connectivity index (χ1n) is 15.7. The average molecular weight is 907 g/mol. The van der Waals surface area contributed by atoms with Crippen molar-refractivity contribution in [2.24, 2.45) is 5.10 Å². The summed E-state index contributed by atoms with van der Waals surface area (Å²) in [7, 11) is -20.0. The molecule has 0 radical (unpaired) electrons. The molecule has 0 saturated carbocycles. The molecule has 1 heterocycles. The van der Waals surface area contributed by atoms with Crippen LogP contribution in [-0.4, -0.2) is 84.2 Å². The van der Waals surface area contributed by atoms with Gasteiger partial charge in [-0.1, -0.05) is 18.2 Å². The Morgan fingerprint density at radius 2 is 1.24 bits per heavy atom. The van der Waals surface area contributed by atoms with Gasteiger partial charge in [0.15, 0.2) is 5.71 Å². The third-order valence-electron chi connectivity index (χ3n) is 7.78. The first kappa shape index (κ1) is 42.4. The normalized spacial score (nSPS) is 13.9. The standard InChI is InChI=1S/C32H23ClN8O14S4/c33-30-37-31(34-18-6-9-20(10-7-18)56(44,45)46)39-32(38-30)35-19-8-11-24(58(50,51)52)22(14-19)40-41-27-25(59(53,54)55)13-17-12-21(57(47,48)49)15-23(26(17)28(27)42)36-29(43)16-4-2-1-3-5-16/h1-15,40H,(H,36,43)(H,44,45,46)(H,47,48,49)(H,50,51,52)(H,53,54,55)(H2,34,35,37,38,39). The zero-order chi connectivity index (χ0) is 43.1. The highest BCUT2D eigenvalue weighted by Gasteiger charge is 2.36. The number of fused-ring (bicyclic) bond motifs is 1. The second-order valence-electron chi connectivity index (χ2n) is 11.8. The van der Waals surface area contributed by atoms with Gasteiger partial charge in [0.2, 0.25) is 23.0 Å². The van der Waals surface area contributed by atoms with Gasteiger partial charge in [-0.25, -0.2) is 0 Å². The van der Waals surface area contributed by atoms with E-state index in [1.807, 2.05) is 0 Å². The first-order valence-corrected chi connectivity index (χ1v) is 21.9. The fourth-order valence-electron chi connectivity index (χ4n) is 5.24. The van der Waals surface area contributed by atoms with E-state index >= 15 is 0 Å². The van der Waals surface area contributed by atoms with E-state index in [2.05, 4.69) is 41.4 Å². The van der Waals surface area contributed by atoms with Crippen molar-refractivity contribution in [1.29, 1.82) is 0 Å². The second kappa shape index (κ2) is 15.8. The number of benzene rings is 4. The van der Waals surface area contributed by atoms with E-state index in [1.54, 1.807) is 6.07 Å². The van der Waals surface area contributed by atoms with Crippen molar-refractivity contribution in [3.05, 3.63) is 112 Å². The molecule has 0 bridgehead atoms. The van der Waals surface area contributed by atoms with Crippen LogP contribution in [0.25, 0.3) is 6.08 Å². The van der Waals surface area contributed by atoms with E-state index in [0.29, 0.717) is 18.2 Å². The summed E-state index contributed by atoms with van der Waals surface area (Å²) in [4.78, 5) is 35.7. The number of carbonyl (C=O) groups excluding carboxylic acids is 2. The lowest BCUT2D eigenvalue weighted by molar-refractivity contribution is 0.102. The molecule has 0 saturated heterocycles. The largest absolute Gasteiger partial charge is 0.324 e. The summed E-state index contributed by atoms with van der Waals surface area (Å²) in [5, 5.41) is 11.1. The van der Waals surface area contributed by atoms with Gasteiger partial charge in [-0.05, 0) is 90.0 Å². The molecule has 0 spiro atoms. The van der Waals surface area contributed by atoms with E-state index < -0.39 is 100.0 Å². The molecular formula is C32H23ClN8O14S4. The average Bonchev–Trinajstić information content (AvgIpc) is 3.13. The Balaban J connectivity index is 1.38. The monoisotopic (exact) mass is 906 g/mol. The van der Waals surface area contributed by atoms with E-state index in [0.717, 1.165) is 30.3 Å². The van der Waals surface area contributed by atoms with Crippen LogP contribution in [-0.2, 0) is 40.5 Å². The number of carbonyl (C=O) groups is 2. The van der Waals surface area contributed by atoms with Gasteiger partial charge >= 0.3 is 0 Å². The van der Waals surface area contributed by atoms with Gasteiger partial charge in [-0.15, -0.1) is 0 Å². The lowest BCUT2D eigenvalue weighted by Gasteiger charge is -2.20. The minimum Gasteiger partial charge on any atom is -0.324 e. The molecule has 306 valence electrons. The van der Waals surface area contributed by atoms with Crippen molar-refractivity contribution in [2.45, 2.75) is 14.7 Å². The van der Waals surface area contributed by atoms with Crippen LogP contribution in [0, 0.1) is 0 Å². The van der Waals surface area contributed by atoms with Crippen molar-refractivity contribution < 1.29 is 61.5 Å². The smallest absolute Gasteiger partial charge is 0.296 e. The molecule has 0 unspecified atom stereocenters. The molecule has 5 aromatic rings. The highest BCUT2D eigenvalue weighted by molar-refractivity contribution is 7.91. The number of amides is 1.